The van der Waals surface area contributed by atoms with Gasteiger partial charge in [-0.05, 0) is 31.4 Å². The quantitative estimate of drug-likeness (QED) is 0.844. The first-order valence-corrected chi connectivity index (χ1v) is 7.71. The highest BCUT2D eigenvalue weighted by molar-refractivity contribution is 5.14. The Hall–Kier alpha value is -0.860. The number of nitrogens with one attached hydrogen (secondary N) is 1. The third kappa shape index (κ3) is 4.96. The van der Waals surface area contributed by atoms with Crippen LogP contribution in [0.1, 0.15) is 38.2 Å². The second-order valence-electron chi connectivity index (χ2n) is 6.05. The van der Waals surface area contributed by atoms with Crippen LogP contribution in [0.2, 0.25) is 0 Å². The van der Waals surface area contributed by atoms with E-state index in [1.54, 1.807) is 0 Å². The predicted octanol–water partition coefficient (Wildman–Crippen LogP) is 3.29. The average Bonchev–Trinajstić information content (AvgIpc) is 2.42. The third-order valence-corrected chi connectivity index (χ3v) is 4.31. The summed E-state index contributed by atoms with van der Waals surface area (Å²) in [5.74, 6) is 0.855. The molecular formula is C17H28N2. The lowest BCUT2D eigenvalue weighted by atomic mass is 9.86. The Bertz CT molecular complexity index is 350. The van der Waals surface area contributed by atoms with Crippen molar-refractivity contribution in [1.82, 2.24) is 10.2 Å². The van der Waals surface area contributed by atoms with Crippen molar-refractivity contribution in [2.24, 2.45) is 5.92 Å². The molecule has 2 heteroatoms. The zero-order valence-electron chi connectivity index (χ0n) is 12.4. The highest BCUT2D eigenvalue weighted by atomic mass is 15.1. The normalized spacial score (nSPS) is 23.7. The fourth-order valence-electron chi connectivity index (χ4n) is 3.03. The summed E-state index contributed by atoms with van der Waals surface area (Å²) in [5, 5.41) is 3.75. The van der Waals surface area contributed by atoms with Crippen molar-refractivity contribution in [3.63, 3.8) is 0 Å². The third-order valence-electron chi connectivity index (χ3n) is 4.31. The topological polar surface area (TPSA) is 15.3 Å². The Morgan fingerprint density at radius 1 is 1.16 bits per heavy atom. The fourth-order valence-corrected chi connectivity index (χ4v) is 3.03. The average molecular weight is 260 g/mol. The zero-order valence-corrected chi connectivity index (χ0v) is 12.4. The van der Waals surface area contributed by atoms with Crippen molar-refractivity contribution < 1.29 is 0 Å². The lowest BCUT2D eigenvalue weighted by molar-refractivity contribution is 0.258. The summed E-state index contributed by atoms with van der Waals surface area (Å²) in [7, 11) is 2.21. The molecule has 0 bridgehead atoms. The first kappa shape index (κ1) is 14.5. The van der Waals surface area contributed by atoms with Crippen LogP contribution in [0, 0.1) is 5.92 Å². The molecule has 0 aromatic heterocycles. The Morgan fingerprint density at radius 3 is 2.63 bits per heavy atom. The van der Waals surface area contributed by atoms with E-state index in [1.807, 2.05) is 0 Å². The minimum Gasteiger partial charge on any atom is -0.312 e. The van der Waals surface area contributed by atoms with Crippen LogP contribution in [0.3, 0.4) is 0 Å². The van der Waals surface area contributed by atoms with Crippen LogP contribution in [0.5, 0.6) is 0 Å². The zero-order chi connectivity index (χ0) is 13.5. The number of benzene rings is 1. The van der Waals surface area contributed by atoms with E-state index >= 15 is 0 Å². The predicted molar refractivity (Wildman–Crippen MR) is 82.2 cm³/mol. The highest BCUT2D eigenvalue weighted by Crippen LogP contribution is 2.23. The lowest BCUT2D eigenvalue weighted by Gasteiger charge is -2.30. The molecule has 1 aromatic rings. The van der Waals surface area contributed by atoms with Gasteiger partial charge in [-0.25, -0.2) is 0 Å². The van der Waals surface area contributed by atoms with Crippen LogP contribution in [-0.4, -0.2) is 31.1 Å². The Kier molecular flexibility index (Phi) is 5.87. The summed E-state index contributed by atoms with van der Waals surface area (Å²) in [4.78, 5) is 2.40. The van der Waals surface area contributed by atoms with Gasteiger partial charge in [-0.15, -0.1) is 0 Å². The molecule has 1 aliphatic rings. The van der Waals surface area contributed by atoms with Crippen molar-refractivity contribution in [2.45, 2.75) is 45.2 Å². The number of nitrogens with zero attached hydrogens (tertiary/aromatic N) is 1. The van der Waals surface area contributed by atoms with Crippen molar-refractivity contribution in [1.29, 1.82) is 0 Å². The van der Waals surface area contributed by atoms with Gasteiger partial charge in [0.05, 0.1) is 0 Å². The van der Waals surface area contributed by atoms with Crippen molar-refractivity contribution in [3.8, 4) is 0 Å². The minimum absolute atomic E-state index is 0.749. The molecule has 2 atom stereocenters. The summed E-state index contributed by atoms with van der Waals surface area (Å²) >= 11 is 0. The molecule has 1 N–H and O–H groups in total. The molecule has 1 fully saturated rings. The van der Waals surface area contributed by atoms with E-state index in [-0.39, 0.29) is 0 Å². The number of hydrogen-bond acceptors (Lipinski definition) is 2. The molecule has 1 aromatic carbocycles. The molecule has 0 radical (unpaired) electrons. The number of hydrogen-bond donors (Lipinski definition) is 1. The Labute approximate surface area is 118 Å². The molecule has 19 heavy (non-hydrogen) atoms. The van der Waals surface area contributed by atoms with E-state index in [0.717, 1.165) is 31.6 Å². The van der Waals surface area contributed by atoms with E-state index in [2.05, 4.69) is 54.5 Å². The summed E-state index contributed by atoms with van der Waals surface area (Å²) in [6.07, 6.45) is 5.59. The first-order valence-electron chi connectivity index (χ1n) is 7.71. The standard InChI is InChI=1S/C17H28N2/c1-15-8-6-7-11-17(15)18-12-13-19(2)14-16-9-4-3-5-10-16/h3-5,9-10,15,17-18H,6-8,11-14H2,1-2H3. The SMILES string of the molecule is CC1CCCCC1NCCN(C)Cc1ccccc1. The van der Waals surface area contributed by atoms with E-state index in [4.69, 9.17) is 0 Å². The number of rotatable bonds is 6. The molecule has 0 amide bonds. The summed E-state index contributed by atoms with van der Waals surface area (Å²) in [6.45, 7) is 5.67. The Balaban J connectivity index is 1.65. The van der Waals surface area contributed by atoms with Crippen LogP contribution in [0.15, 0.2) is 30.3 Å². The lowest BCUT2D eigenvalue weighted by Crippen LogP contribution is -2.40. The van der Waals surface area contributed by atoms with Gasteiger partial charge in [-0.3, -0.25) is 0 Å². The Morgan fingerprint density at radius 2 is 1.89 bits per heavy atom. The molecule has 106 valence electrons. The molecule has 0 heterocycles. The molecular weight excluding hydrogens is 232 g/mol. The molecule has 2 rings (SSSR count). The second kappa shape index (κ2) is 7.66. The molecule has 0 saturated heterocycles. The van der Waals surface area contributed by atoms with Gasteiger partial charge in [0.2, 0.25) is 0 Å². The summed E-state index contributed by atoms with van der Waals surface area (Å²) < 4.78 is 0. The van der Waals surface area contributed by atoms with Gasteiger partial charge in [0.1, 0.15) is 0 Å². The molecule has 0 aliphatic heterocycles. The summed E-state index contributed by atoms with van der Waals surface area (Å²) in [6, 6.07) is 11.5. The smallest absolute Gasteiger partial charge is 0.0231 e. The van der Waals surface area contributed by atoms with Crippen LogP contribution in [-0.2, 0) is 6.54 Å². The van der Waals surface area contributed by atoms with Crippen LogP contribution in [0.25, 0.3) is 0 Å². The van der Waals surface area contributed by atoms with Crippen LogP contribution >= 0.6 is 0 Å². The summed E-state index contributed by atoms with van der Waals surface area (Å²) in [5.41, 5.74) is 1.40. The van der Waals surface area contributed by atoms with Crippen molar-refractivity contribution in [3.05, 3.63) is 35.9 Å². The minimum atomic E-state index is 0.749. The van der Waals surface area contributed by atoms with Crippen molar-refractivity contribution >= 4 is 0 Å². The second-order valence-corrected chi connectivity index (χ2v) is 6.05. The van der Waals surface area contributed by atoms with Gasteiger partial charge in [-0.2, -0.15) is 0 Å². The molecule has 1 aliphatic carbocycles. The van der Waals surface area contributed by atoms with Gasteiger partial charge < -0.3 is 10.2 Å². The highest BCUT2D eigenvalue weighted by Gasteiger charge is 2.20. The van der Waals surface area contributed by atoms with Gasteiger partial charge >= 0.3 is 0 Å². The largest absolute Gasteiger partial charge is 0.312 e. The molecule has 2 nitrogen and oxygen atoms in total. The van der Waals surface area contributed by atoms with E-state index in [0.29, 0.717) is 0 Å². The maximum absolute atomic E-state index is 3.75. The molecule has 1 saturated carbocycles. The number of likely N-dealkylation sites (N-methyl/N-ethyl adjacent to an activating group) is 1. The maximum atomic E-state index is 3.75. The van der Waals surface area contributed by atoms with E-state index in [1.165, 1.54) is 31.2 Å². The van der Waals surface area contributed by atoms with Crippen LogP contribution in [0.4, 0.5) is 0 Å². The van der Waals surface area contributed by atoms with Gasteiger partial charge in [-0.1, -0.05) is 50.1 Å². The van der Waals surface area contributed by atoms with Crippen molar-refractivity contribution in [2.75, 3.05) is 20.1 Å². The fraction of sp³-hybridized carbons (Fsp3) is 0.647. The molecule has 0 spiro atoms. The van der Waals surface area contributed by atoms with Crippen LogP contribution < -0.4 is 5.32 Å². The van der Waals surface area contributed by atoms with E-state index < -0.39 is 0 Å². The molecule has 2 unspecified atom stereocenters. The monoisotopic (exact) mass is 260 g/mol. The van der Waals surface area contributed by atoms with Gasteiger partial charge in [0.15, 0.2) is 0 Å². The van der Waals surface area contributed by atoms with Gasteiger partial charge in [0.25, 0.3) is 0 Å². The first-order chi connectivity index (χ1) is 9.25. The van der Waals surface area contributed by atoms with Gasteiger partial charge in [0, 0.05) is 25.7 Å². The van der Waals surface area contributed by atoms with E-state index in [9.17, 15) is 0 Å². The maximum Gasteiger partial charge on any atom is 0.0231 e.